The van der Waals surface area contributed by atoms with Crippen LogP contribution in [0.2, 0.25) is 5.02 Å². The molecule has 0 amide bonds. The van der Waals surface area contributed by atoms with Crippen LogP contribution in [0.15, 0.2) is 18.2 Å². The summed E-state index contributed by atoms with van der Waals surface area (Å²) in [5.41, 5.74) is 7.18. The molecule has 0 aromatic heterocycles. The van der Waals surface area contributed by atoms with Crippen LogP contribution in [0.1, 0.15) is 18.9 Å². The fraction of sp³-hybridized carbons (Fsp3) is 0.462. The van der Waals surface area contributed by atoms with Gasteiger partial charge in [0.2, 0.25) is 0 Å². The van der Waals surface area contributed by atoms with Crippen LogP contribution in [0.3, 0.4) is 0 Å². The second kappa shape index (κ2) is 5.59. The number of anilines is 1. The second-order valence-corrected chi connectivity index (χ2v) is 4.94. The van der Waals surface area contributed by atoms with Crippen molar-refractivity contribution < 1.29 is 4.74 Å². The first kappa shape index (κ1) is 13.2. The number of nitrogens with zero attached hydrogens (tertiary/aromatic N) is 1. The molecule has 1 aliphatic heterocycles. The van der Waals surface area contributed by atoms with Crippen molar-refractivity contribution in [1.29, 1.82) is 5.41 Å². The standard InChI is InChI=1S/C13H18ClN3O/c1-9-8-17(6-3-7-18-9)11-5-2-4-10(14)12(11)13(15)16/h2,4-5,9H,3,6-8H2,1H3,(H3,15,16). The van der Waals surface area contributed by atoms with Gasteiger partial charge in [0, 0.05) is 25.4 Å². The van der Waals surface area contributed by atoms with E-state index in [4.69, 9.17) is 27.5 Å². The minimum atomic E-state index is 0.00779. The summed E-state index contributed by atoms with van der Waals surface area (Å²) >= 11 is 6.14. The molecule has 0 saturated carbocycles. The Morgan fingerprint density at radius 3 is 3.06 bits per heavy atom. The summed E-state index contributed by atoms with van der Waals surface area (Å²) in [7, 11) is 0. The van der Waals surface area contributed by atoms with Gasteiger partial charge >= 0.3 is 0 Å². The van der Waals surface area contributed by atoms with Gasteiger partial charge in [-0.1, -0.05) is 17.7 Å². The fourth-order valence-electron chi connectivity index (χ4n) is 2.26. The number of ether oxygens (including phenoxy) is 1. The van der Waals surface area contributed by atoms with E-state index in [1.165, 1.54) is 0 Å². The van der Waals surface area contributed by atoms with E-state index in [1.807, 2.05) is 12.1 Å². The molecule has 1 fully saturated rings. The molecule has 1 aromatic rings. The quantitative estimate of drug-likeness (QED) is 0.638. The minimum absolute atomic E-state index is 0.00779. The molecule has 1 aliphatic rings. The number of nitrogen functional groups attached to an aromatic ring is 1. The number of halogens is 1. The van der Waals surface area contributed by atoms with Crippen LogP contribution >= 0.6 is 11.6 Å². The third-order valence-corrected chi connectivity index (χ3v) is 3.37. The van der Waals surface area contributed by atoms with Crippen molar-refractivity contribution in [3.8, 4) is 0 Å². The largest absolute Gasteiger partial charge is 0.384 e. The Hall–Kier alpha value is -1.26. The van der Waals surface area contributed by atoms with Crippen LogP contribution in [0.5, 0.6) is 0 Å². The van der Waals surface area contributed by atoms with E-state index in [0.717, 1.165) is 31.8 Å². The molecule has 5 heteroatoms. The number of hydrogen-bond donors (Lipinski definition) is 2. The summed E-state index contributed by atoms with van der Waals surface area (Å²) in [5, 5.41) is 8.20. The normalized spacial score (nSPS) is 20.6. The Balaban J connectivity index is 2.37. The summed E-state index contributed by atoms with van der Waals surface area (Å²) in [6.45, 7) is 4.51. The summed E-state index contributed by atoms with van der Waals surface area (Å²) in [6, 6.07) is 5.61. The maximum atomic E-state index is 7.68. The summed E-state index contributed by atoms with van der Waals surface area (Å²) < 4.78 is 5.63. The number of amidine groups is 1. The predicted molar refractivity (Wildman–Crippen MR) is 74.7 cm³/mol. The first-order valence-electron chi connectivity index (χ1n) is 6.09. The van der Waals surface area contributed by atoms with Crippen LogP contribution in [-0.4, -0.2) is 31.6 Å². The molecule has 1 saturated heterocycles. The highest BCUT2D eigenvalue weighted by Gasteiger charge is 2.20. The highest BCUT2D eigenvalue weighted by Crippen LogP contribution is 2.28. The van der Waals surface area contributed by atoms with E-state index < -0.39 is 0 Å². The maximum Gasteiger partial charge on any atom is 0.126 e. The molecule has 1 unspecified atom stereocenters. The highest BCUT2D eigenvalue weighted by atomic mass is 35.5. The average molecular weight is 268 g/mol. The molecule has 1 heterocycles. The van der Waals surface area contributed by atoms with Gasteiger partial charge in [-0.25, -0.2) is 0 Å². The van der Waals surface area contributed by atoms with Crippen molar-refractivity contribution in [2.45, 2.75) is 19.4 Å². The number of hydrogen-bond acceptors (Lipinski definition) is 3. The topological polar surface area (TPSA) is 62.3 Å². The molecule has 3 N–H and O–H groups in total. The van der Waals surface area contributed by atoms with Gasteiger partial charge in [0.05, 0.1) is 16.7 Å². The fourth-order valence-corrected chi connectivity index (χ4v) is 2.53. The first-order chi connectivity index (χ1) is 8.59. The lowest BCUT2D eigenvalue weighted by Crippen LogP contribution is -2.32. The molecule has 4 nitrogen and oxygen atoms in total. The van der Waals surface area contributed by atoms with E-state index in [0.29, 0.717) is 10.6 Å². The first-order valence-corrected chi connectivity index (χ1v) is 6.47. The predicted octanol–water partition coefficient (Wildman–Crippen LogP) is 2.24. The van der Waals surface area contributed by atoms with Crippen molar-refractivity contribution in [2.24, 2.45) is 5.73 Å². The zero-order chi connectivity index (χ0) is 13.1. The van der Waals surface area contributed by atoms with E-state index in [1.54, 1.807) is 6.07 Å². The molecule has 1 atom stereocenters. The van der Waals surface area contributed by atoms with Crippen molar-refractivity contribution >= 4 is 23.1 Å². The number of rotatable bonds is 2. The van der Waals surface area contributed by atoms with Crippen LogP contribution in [0.4, 0.5) is 5.69 Å². The molecule has 18 heavy (non-hydrogen) atoms. The Bertz CT molecular complexity index is 450. The van der Waals surface area contributed by atoms with Crippen LogP contribution in [0.25, 0.3) is 0 Å². The minimum Gasteiger partial charge on any atom is -0.384 e. The summed E-state index contributed by atoms with van der Waals surface area (Å²) in [6.07, 6.45) is 1.14. The van der Waals surface area contributed by atoms with Gasteiger partial charge < -0.3 is 15.4 Å². The third kappa shape index (κ3) is 2.76. The number of benzene rings is 1. The van der Waals surface area contributed by atoms with E-state index in [9.17, 15) is 0 Å². The lowest BCUT2D eigenvalue weighted by molar-refractivity contribution is 0.0821. The second-order valence-electron chi connectivity index (χ2n) is 4.53. The SMILES string of the molecule is CC1CN(c2cccc(Cl)c2C(=N)N)CCCO1. The molecule has 0 radical (unpaired) electrons. The van der Waals surface area contributed by atoms with Crippen molar-refractivity contribution in [1.82, 2.24) is 0 Å². The van der Waals surface area contributed by atoms with Gasteiger partial charge in [0.1, 0.15) is 5.84 Å². The molecular weight excluding hydrogens is 250 g/mol. The Morgan fingerprint density at radius 1 is 1.56 bits per heavy atom. The zero-order valence-electron chi connectivity index (χ0n) is 10.4. The Kier molecular flexibility index (Phi) is 4.09. The molecular formula is C13H18ClN3O. The molecule has 98 valence electrons. The maximum absolute atomic E-state index is 7.68. The van der Waals surface area contributed by atoms with Crippen molar-refractivity contribution in [3.63, 3.8) is 0 Å². The molecule has 1 aromatic carbocycles. The van der Waals surface area contributed by atoms with Gasteiger partial charge in [0.15, 0.2) is 0 Å². The Morgan fingerprint density at radius 2 is 2.33 bits per heavy atom. The van der Waals surface area contributed by atoms with E-state index >= 15 is 0 Å². The van der Waals surface area contributed by atoms with Gasteiger partial charge in [0.25, 0.3) is 0 Å². The average Bonchev–Trinajstić information content (AvgIpc) is 2.53. The zero-order valence-corrected chi connectivity index (χ0v) is 11.2. The van der Waals surface area contributed by atoms with Gasteiger partial charge in [-0.3, -0.25) is 5.41 Å². The molecule has 0 aliphatic carbocycles. The monoisotopic (exact) mass is 267 g/mol. The van der Waals surface area contributed by atoms with E-state index in [-0.39, 0.29) is 11.9 Å². The number of nitrogens with one attached hydrogen (secondary N) is 1. The molecule has 2 rings (SSSR count). The smallest absolute Gasteiger partial charge is 0.126 e. The lowest BCUT2D eigenvalue weighted by Gasteiger charge is -2.26. The van der Waals surface area contributed by atoms with Gasteiger partial charge in [-0.2, -0.15) is 0 Å². The van der Waals surface area contributed by atoms with Crippen LogP contribution in [0, 0.1) is 5.41 Å². The van der Waals surface area contributed by atoms with Crippen molar-refractivity contribution in [3.05, 3.63) is 28.8 Å². The van der Waals surface area contributed by atoms with Gasteiger partial charge in [-0.05, 0) is 25.5 Å². The number of nitrogens with two attached hydrogens (primary N) is 1. The summed E-state index contributed by atoms with van der Waals surface area (Å²) in [4.78, 5) is 2.19. The van der Waals surface area contributed by atoms with Crippen LogP contribution in [-0.2, 0) is 4.74 Å². The molecule has 0 spiro atoms. The summed E-state index contributed by atoms with van der Waals surface area (Å²) in [5.74, 6) is 0.00779. The molecule has 0 bridgehead atoms. The van der Waals surface area contributed by atoms with Crippen LogP contribution < -0.4 is 10.6 Å². The third-order valence-electron chi connectivity index (χ3n) is 3.05. The van der Waals surface area contributed by atoms with E-state index in [2.05, 4.69) is 11.8 Å². The highest BCUT2D eigenvalue weighted by molar-refractivity contribution is 6.34. The lowest BCUT2D eigenvalue weighted by atomic mass is 10.1. The van der Waals surface area contributed by atoms with Gasteiger partial charge in [-0.15, -0.1) is 0 Å². The van der Waals surface area contributed by atoms with Crippen molar-refractivity contribution in [2.75, 3.05) is 24.6 Å². The Labute approximate surface area is 112 Å².